The summed E-state index contributed by atoms with van der Waals surface area (Å²) in [6, 6.07) is 0.323. The van der Waals surface area contributed by atoms with Gasteiger partial charge in [0.2, 0.25) is 5.88 Å². The number of nitrogens with two attached hydrogens (primary N) is 1. The molecule has 0 fully saturated rings. The fourth-order valence-corrected chi connectivity index (χ4v) is 1.15. The van der Waals surface area contributed by atoms with Crippen molar-refractivity contribution >= 4 is 11.5 Å². The third kappa shape index (κ3) is 3.25. The number of nitrogen functional groups attached to an aromatic ring is 1. The van der Waals surface area contributed by atoms with Gasteiger partial charge in [0.15, 0.2) is 5.82 Å². The molecular formula is C11H20N4O. The Bertz CT molecular complexity index is 341. The van der Waals surface area contributed by atoms with Crippen LogP contribution in [-0.4, -0.2) is 22.1 Å². The second-order valence-corrected chi connectivity index (χ2v) is 4.06. The average molecular weight is 224 g/mol. The Morgan fingerprint density at radius 1 is 1.38 bits per heavy atom. The number of rotatable bonds is 5. The third-order valence-corrected chi connectivity index (χ3v) is 2.19. The van der Waals surface area contributed by atoms with Gasteiger partial charge in [-0.25, -0.2) is 4.98 Å². The van der Waals surface area contributed by atoms with E-state index in [9.17, 15) is 0 Å². The molecular weight excluding hydrogens is 204 g/mol. The summed E-state index contributed by atoms with van der Waals surface area (Å²) in [4.78, 5) is 8.12. The highest BCUT2D eigenvalue weighted by Crippen LogP contribution is 2.25. The Labute approximate surface area is 96.4 Å². The van der Waals surface area contributed by atoms with Gasteiger partial charge in [0.25, 0.3) is 0 Å². The fraction of sp³-hybridized carbons (Fsp3) is 0.636. The van der Waals surface area contributed by atoms with Gasteiger partial charge in [-0.2, -0.15) is 4.98 Å². The summed E-state index contributed by atoms with van der Waals surface area (Å²) in [5, 5.41) is 3.22. The standard InChI is InChI=1S/C11H20N4O/c1-5-8(4)15-10-9(12)11(14-6-13-10)16-7(2)3/h6-8H,5,12H2,1-4H3,(H,13,14,15). The number of nitrogens with one attached hydrogen (secondary N) is 1. The number of aromatic nitrogens is 2. The average Bonchev–Trinajstić information content (AvgIpc) is 2.23. The van der Waals surface area contributed by atoms with E-state index in [1.54, 1.807) is 0 Å². The molecule has 90 valence electrons. The fourth-order valence-electron chi connectivity index (χ4n) is 1.15. The summed E-state index contributed by atoms with van der Waals surface area (Å²) in [5.41, 5.74) is 6.39. The van der Waals surface area contributed by atoms with Crippen LogP contribution in [0.3, 0.4) is 0 Å². The van der Waals surface area contributed by atoms with Crippen LogP contribution in [0.1, 0.15) is 34.1 Å². The highest BCUT2D eigenvalue weighted by molar-refractivity contribution is 5.66. The largest absolute Gasteiger partial charge is 0.473 e. The summed E-state index contributed by atoms with van der Waals surface area (Å²) in [7, 11) is 0. The van der Waals surface area contributed by atoms with Gasteiger partial charge >= 0.3 is 0 Å². The number of ether oxygens (including phenoxy) is 1. The van der Waals surface area contributed by atoms with Crippen LogP contribution in [0.4, 0.5) is 11.5 Å². The summed E-state index contributed by atoms with van der Waals surface area (Å²) in [5.74, 6) is 1.08. The van der Waals surface area contributed by atoms with Gasteiger partial charge in [0.1, 0.15) is 12.0 Å². The molecule has 1 rings (SSSR count). The van der Waals surface area contributed by atoms with E-state index >= 15 is 0 Å². The molecule has 1 aromatic rings. The molecule has 0 aromatic carbocycles. The van der Waals surface area contributed by atoms with Crippen LogP contribution in [0, 0.1) is 0 Å². The molecule has 3 N–H and O–H groups in total. The monoisotopic (exact) mass is 224 g/mol. The number of hydrogen-bond acceptors (Lipinski definition) is 5. The Morgan fingerprint density at radius 3 is 2.62 bits per heavy atom. The van der Waals surface area contributed by atoms with Crippen molar-refractivity contribution in [1.29, 1.82) is 0 Å². The molecule has 0 saturated carbocycles. The maximum atomic E-state index is 5.92. The zero-order chi connectivity index (χ0) is 12.1. The van der Waals surface area contributed by atoms with Gasteiger partial charge < -0.3 is 15.8 Å². The molecule has 1 heterocycles. The van der Waals surface area contributed by atoms with Crippen LogP contribution in [0.2, 0.25) is 0 Å². The molecule has 16 heavy (non-hydrogen) atoms. The quantitative estimate of drug-likeness (QED) is 0.800. The molecule has 0 aliphatic heterocycles. The normalized spacial score (nSPS) is 12.6. The maximum Gasteiger partial charge on any atom is 0.242 e. The lowest BCUT2D eigenvalue weighted by Gasteiger charge is -2.16. The number of hydrogen-bond donors (Lipinski definition) is 2. The van der Waals surface area contributed by atoms with Crippen molar-refractivity contribution < 1.29 is 4.74 Å². The molecule has 0 bridgehead atoms. The maximum absolute atomic E-state index is 5.92. The molecule has 0 saturated heterocycles. The van der Waals surface area contributed by atoms with E-state index in [0.29, 0.717) is 23.4 Å². The van der Waals surface area contributed by atoms with Crippen molar-refractivity contribution in [1.82, 2.24) is 9.97 Å². The number of anilines is 2. The predicted octanol–water partition coefficient (Wildman–Crippen LogP) is 2.06. The molecule has 0 radical (unpaired) electrons. The van der Waals surface area contributed by atoms with E-state index < -0.39 is 0 Å². The minimum Gasteiger partial charge on any atom is -0.473 e. The highest BCUT2D eigenvalue weighted by Gasteiger charge is 2.11. The molecule has 1 unspecified atom stereocenters. The van der Waals surface area contributed by atoms with E-state index in [1.807, 2.05) is 13.8 Å². The van der Waals surface area contributed by atoms with Crippen LogP contribution in [0.25, 0.3) is 0 Å². The van der Waals surface area contributed by atoms with E-state index in [4.69, 9.17) is 10.5 Å². The zero-order valence-electron chi connectivity index (χ0n) is 10.3. The highest BCUT2D eigenvalue weighted by atomic mass is 16.5. The van der Waals surface area contributed by atoms with Crippen molar-refractivity contribution in [3.05, 3.63) is 6.33 Å². The van der Waals surface area contributed by atoms with Crippen LogP contribution in [-0.2, 0) is 0 Å². The second kappa shape index (κ2) is 5.53. The molecule has 0 amide bonds. The minimum absolute atomic E-state index is 0.0497. The molecule has 0 aliphatic rings. The summed E-state index contributed by atoms with van der Waals surface area (Å²) in [6.07, 6.45) is 2.51. The van der Waals surface area contributed by atoms with Crippen LogP contribution < -0.4 is 15.8 Å². The molecule has 5 heteroatoms. The Hall–Kier alpha value is -1.52. The summed E-state index contributed by atoms with van der Waals surface area (Å²) < 4.78 is 5.48. The molecule has 0 spiro atoms. The van der Waals surface area contributed by atoms with Crippen LogP contribution in [0.5, 0.6) is 5.88 Å². The van der Waals surface area contributed by atoms with Crippen molar-refractivity contribution in [2.75, 3.05) is 11.1 Å². The first kappa shape index (κ1) is 12.5. The van der Waals surface area contributed by atoms with Gasteiger partial charge in [-0.1, -0.05) is 6.92 Å². The van der Waals surface area contributed by atoms with Gasteiger partial charge in [-0.15, -0.1) is 0 Å². The van der Waals surface area contributed by atoms with E-state index in [0.717, 1.165) is 6.42 Å². The van der Waals surface area contributed by atoms with Gasteiger partial charge in [0, 0.05) is 6.04 Å². The zero-order valence-corrected chi connectivity index (χ0v) is 10.3. The van der Waals surface area contributed by atoms with Crippen LogP contribution in [0.15, 0.2) is 6.33 Å². The van der Waals surface area contributed by atoms with Crippen molar-refractivity contribution in [3.63, 3.8) is 0 Å². The van der Waals surface area contributed by atoms with E-state index in [2.05, 4.69) is 29.1 Å². The topological polar surface area (TPSA) is 73.1 Å². The first-order chi connectivity index (χ1) is 7.54. The molecule has 5 nitrogen and oxygen atoms in total. The van der Waals surface area contributed by atoms with Gasteiger partial charge in [0.05, 0.1) is 6.10 Å². The lowest BCUT2D eigenvalue weighted by molar-refractivity contribution is 0.234. The molecule has 1 atom stereocenters. The minimum atomic E-state index is 0.0497. The molecule has 1 aromatic heterocycles. The Balaban J connectivity index is 2.86. The Kier molecular flexibility index (Phi) is 4.34. The van der Waals surface area contributed by atoms with E-state index in [-0.39, 0.29) is 6.10 Å². The van der Waals surface area contributed by atoms with Crippen molar-refractivity contribution in [2.45, 2.75) is 46.3 Å². The van der Waals surface area contributed by atoms with E-state index in [1.165, 1.54) is 6.33 Å². The second-order valence-electron chi connectivity index (χ2n) is 4.06. The third-order valence-electron chi connectivity index (χ3n) is 2.19. The lowest BCUT2D eigenvalue weighted by atomic mass is 10.2. The van der Waals surface area contributed by atoms with Crippen molar-refractivity contribution in [2.24, 2.45) is 0 Å². The smallest absolute Gasteiger partial charge is 0.242 e. The summed E-state index contributed by atoms with van der Waals surface area (Å²) >= 11 is 0. The summed E-state index contributed by atoms with van der Waals surface area (Å²) in [6.45, 7) is 8.04. The van der Waals surface area contributed by atoms with Gasteiger partial charge in [-0.3, -0.25) is 0 Å². The predicted molar refractivity (Wildman–Crippen MR) is 65.6 cm³/mol. The first-order valence-corrected chi connectivity index (χ1v) is 5.58. The number of nitrogens with zero attached hydrogens (tertiary/aromatic N) is 2. The molecule has 0 aliphatic carbocycles. The lowest BCUT2D eigenvalue weighted by Crippen LogP contribution is -2.17. The SMILES string of the molecule is CCC(C)Nc1ncnc(OC(C)C)c1N. The first-order valence-electron chi connectivity index (χ1n) is 5.58. The van der Waals surface area contributed by atoms with Crippen molar-refractivity contribution in [3.8, 4) is 5.88 Å². The van der Waals surface area contributed by atoms with Crippen LogP contribution >= 0.6 is 0 Å². The Morgan fingerprint density at radius 2 is 2.06 bits per heavy atom. The van der Waals surface area contributed by atoms with Gasteiger partial charge in [-0.05, 0) is 27.2 Å².